The van der Waals surface area contributed by atoms with Crippen molar-refractivity contribution in [2.24, 2.45) is 0 Å². The van der Waals surface area contributed by atoms with Gasteiger partial charge in [0.05, 0.1) is 22.9 Å². The van der Waals surface area contributed by atoms with E-state index in [1.165, 1.54) is 11.9 Å². The highest BCUT2D eigenvalue weighted by atomic mass is 32.2. The van der Waals surface area contributed by atoms with Gasteiger partial charge in [0, 0.05) is 19.3 Å². The highest BCUT2D eigenvalue weighted by molar-refractivity contribution is 7.91. The largest absolute Gasteiger partial charge is 0.451 e. The molecule has 0 spiro atoms. The minimum absolute atomic E-state index is 0.0510. The number of hydrogen-bond donors (Lipinski definition) is 0. The van der Waals surface area contributed by atoms with Crippen LogP contribution in [-0.4, -0.2) is 66.4 Å². The summed E-state index contributed by atoms with van der Waals surface area (Å²) in [5, 5.41) is 0.597. The van der Waals surface area contributed by atoms with Crippen LogP contribution in [0.4, 0.5) is 0 Å². The quantitative estimate of drug-likeness (QED) is 0.686. The van der Waals surface area contributed by atoms with Crippen LogP contribution in [0.15, 0.2) is 24.4 Å². The van der Waals surface area contributed by atoms with Gasteiger partial charge in [-0.2, -0.15) is 0 Å². The fourth-order valence-corrected chi connectivity index (χ4v) is 5.47. The number of thiazole rings is 1. The van der Waals surface area contributed by atoms with Crippen LogP contribution >= 0.6 is 11.3 Å². The maximum Gasteiger partial charge on any atom is 0.350 e. The number of esters is 1. The number of rotatable bonds is 5. The molecule has 1 fully saturated rings. The molecule has 0 saturated carbocycles. The third-order valence-corrected chi connectivity index (χ3v) is 7.25. The molecule has 1 amide bonds. The van der Waals surface area contributed by atoms with Crippen LogP contribution in [-0.2, 0) is 19.4 Å². The lowest BCUT2D eigenvalue weighted by atomic mass is 10.2. The van der Waals surface area contributed by atoms with Crippen molar-refractivity contribution < 1.29 is 22.7 Å². The Labute approximate surface area is 161 Å². The molecule has 0 aromatic carbocycles. The van der Waals surface area contributed by atoms with E-state index in [2.05, 4.69) is 9.97 Å². The number of aryl methyl sites for hydroxylation is 1. The normalized spacial score (nSPS) is 18.2. The molecule has 0 N–H and O–H groups in total. The molecule has 8 nitrogen and oxygen atoms in total. The van der Waals surface area contributed by atoms with Gasteiger partial charge in [-0.1, -0.05) is 6.07 Å². The molecule has 2 aromatic rings. The zero-order valence-corrected chi connectivity index (χ0v) is 16.5. The molecule has 27 heavy (non-hydrogen) atoms. The Morgan fingerprint density at radius 3 is 2.78 bits per heavy atom. The number of likely N-dealkylation sites (N-methyl/N-ethyl adjacent to an activating group) is 1. The molecule has 3 rings (SSSR count). The number of pyridine rings is 1. The number of sulfone groups is 1. The van der Waals surface area contributed by atoms with Gasteiger partial charge >= 0.3 is 5.97 Å². The number of carbonyl (C=O) groups is 2. The van der Waals surface area contributed by atoms with Crippen molar-refractivity contribution in [3.05, 3.63) is 35.0 Å². The molecule has 0 aliphatic carbocycles. The minimum atomic E-state index is -3.09. The molecule has 3 heterocycles. The molecular weight excluding hydrogens is 390 g/mol. The molecule has 0 bridgehead atoms. The first-order valence-electron chi connectivity index (χ1n) is 8.29. The Kier molecular flexibility index (Phi) is 5.56. The molecule has 2 aromatic heterocycles. The van der Waals surface area contributed by atoms with Crippen LogP contribution in [0, 0.1) is 6.92 Å². The predicted octanol–water partition coefficient (Wildman–Crippen LogP) is 1.32. The van der Waals surface area contributed by atoms with E-state index in [1.807, 2.05) is 6.07 Å². The fraction of sp³-hybridized carbons (Fsp3) is 0.412. The topological polar surface area (TPSA) is 107 Å². The molecule has 1 atom stereocenters. The standard InChI is InChI=1S/C17H19N3O5S2/c1-11-15(26-16(19-11)13-5-3-4-7-18-13)17(22)25-9-14(21)20(2)12-6-8-27(23,24)10-12/h3-5,7,12H,6,8-10H2,1-2H3/t12-/m0/s1. The number of ether oxygens (including phenoxy) is 1. The molecule has 0 unspecified atom stereocenters. The van der Waals surface area contributed by atoms with E-state index in [9.17, 15) is 18.0 Å². The fourth-order valence-electron chi connectivity index (χ4n) is 2.76. The third-order valence-electron chi connectivity index (χ3n) is 4.34. The van der Waals surface area contributed by atoms with Gasteiger partial charge in [-0.05, 0) is 25.5 Å². The van der Waals surface area contributed by atoms with Crippen molar-refractivity contribution >= 4 is 33.1 Å². The second-order valence-electron chi connectivity index (χ2n) is 6.29. The van der Waals surface area contributed by atoms with Gasteiger partial charge in [0.1, 0.15) is 9.88 Å². The summed E-state index contributed by atoms with van der Waals surface area (Å²) < 4.78 is 28.2. The van der Waals surface area contributed by atoms with Crippen LogP contribution in [0.25, 0.3) is 10.7 Å². The summed E-state index contributed by atoms with van der Waals surface area (Å²) in [6.07, 6.45) is 2.04. The van der Waals surface area contributed by atoms with Crippen LogP contribution < -0.4 is 0 Å². The lowest BCUT2D eigenvalue weighted by Crippen LogP contribution is -2.40. The lowest BCUT2D eigenvalue weighted by molar-refractivity contribution is -0.134. The Bertz CT molecular complexity index is 956. The lowest BCUT2D eigenvalue weighted by Gasteiger charge is -2.23. The van der Waals surface area contributed by atoms with Crippen LogP contribution in [0.3, 0.4) is 0 Å². The van der Waals surface area contributed by atoms with E-state index in [1.54, 1.807) is 25.3 Å². The molecule has 1 saturated heterocycles. The van der Waals surface area contributed by atoms with Gasteiger partial charge in [-0.15, -0.1) is 11.3 Å². The highest BCUT2D eigenvalue weighted by Gasteiger charge is 2.33. The molecule has 144 valence electrons. The van der Waals surface area contributed by atoms with Gasteiger partial charge < -0.3 is 9.64 Å². The van der Waals surface area contributed by atoms with E-state index in [-0.39, 0.29) is 17.5 Å². The number of aromatic nitrogens is 2. The summed E-state index contributed by atoms with van der Waals surface area (Å²) >= 11 is 1.15. The van der Waals surface area contributed by atoms with Crippen LogP contribution in [0.5, 0.6) is 0 Å². The maximum absolute atomic E-state index is 12.3. The summed E-state index contributed by atoms with van der Waals surface area (Å²) in [7, 11) is -1.57. The first kappa shape index (κ1) is 19.4. The summed E-state index contributed by atoms with van der Waals surface area (Å²) in [5.74, 6) is -1.04. The van der Waals surface area contributed by atoms with Crippen LogP contribution in [0.1, 0.15) is 21.8 Å². The van der Waals surface area contributed by atoms with Crippen molar-refractivity contribution in [2.45, 2.75) is 19.4 Å². The Morgan fingerprint density at radius 2 is 2.15 bits per heavy atom. The van der Waals surface area contributed by atoms with E-state index < -0.39 is 28.3 Å². The number of nitrogens with zero attached hydrogens (tertiary/aromatic N) is 3. The van der Waals surface area contributed by atoms with E-state index in [0.29, 0.717) is 27.7 Å². The first-order valence-corrected chi connectivity index (χ1v) is 10.9. The van der Waals surface area contributed by atoms with Crippen molar-refractivity contribution in [2.75, 3.05) is 25.2 Å². The van der Waals surface area contributed by atoms with Crippen molar-refractivity contribution in [3.63, 3.8) is 0 Å². The third kappa shape index (κ3) is 4.51. The second-order valence-corrected chi connectivity index (χ2v) is 9.51. The molecule has 1 aliphatic rings. The van der Waals surface area contributed by atoms with Crippen molar-refractivity contribution in [1.29, 1.82) is 0 Å². The van der Waals surface area contributed by atoms with E-state index >= 15 is 0 Å². The molecule has 0 radical (unpaired) electrons. The monoisotopic (exact) mass is 409 g/mol. The highest BCUT2D eigenvalue weighted by Crippen LogP contribution is 2.27. The smallest absolute Gasteiger partial charge is 0.350 e. The first-order chi connectivity index (χ1) is 12.8. The van der Waals surface area contributed by atoms with Gasteiger partial charge in [0.2, 0.25) is 0 Å². The number of carbonyl (C=O) groups excluding carboxylic acids is 2. The van der Waals surface area contributed by atoms with Crippen molar-refractivity contribution in [3.8, 4) is 10.7 Å². The molecule has 1 aliphatic heterocycles. The van der Waals surface area contributed by atoms with Crippen LogP contribution in [0.2, 0.25) is 0 Å². The molecule has 10 heteroatoms. The summed E-state index contributed by atoms with van der Waals surface area (Å²) in [4.78, 5) is 34.7. The number of hydrogen-bond acceptors (Lipinski definition) is 8. The summed E-state index contributed by atoms with van der Waals surface area (Å²) in [5.41, 5.74) is 1.16. The second kappa shape index (κ2) is 7.73. The van der Waals surface area contributed by atoms with Gasteiger partial charge in [0.25, 0.3) is 5.91 Å². The summed E-state index contributed by atoms with van der Waals surface area (Å²) in [6, 6.07) is 5.04. The Balaban J connectivity index is 1.61. The van der Waals surface area contributed by atoms with Gasteiger partial charge in [-0.25, -0.2) is 18.2 Å². The Morgan fingerprint density at radius 1 is 1.37 bits per heavy atom. The summed E-state index contributed by atoms with van der Waals surface area (Å²) in [6.45, 7) is 1.25. The maximum atomic E-state index is 12.3. The van der Waals surface area contributed by atoms with Gasteiger partial charge in [-0.3, -0.25) is 9.78 Å². The average molecular weight is 409 g/mol. The van der Waals surface area contributed by atoms with Gasteiger partial charge in [0.15, 0.2) is 16.4 Å². The zero-order valence-electron chi connectivity index (χ0n) is 14.9. The van der Waals surface area contributed by atoms with E-state index in [4.69, 9.17) is 4.74 Å². The number of amides is 1. The molecular formula is C17H19N3O5S2. The Hall–Kier alpha value is -2.33. The average Bonchev–Trinajstić information content (AvgIpc) is 3.21. The zero-order chi connectivity index (χ0) is 19.6. The van der Waals surface area contributed by atoms with E-state index in [0.717, 1.165) is 11.3 Å². The SMILES string of the molecule is Cc1nc(-c2ccccn2)sc1C(=O)OCC(=O)N(C)[C@H]1CCS(=O)(=O)C1. The van der Waals surface area contributed by atoms with Crippen molar-refractivity contribution in [1.82, 2.24) is 14.9 Å². The minimum Gasteiger partial charge on any atom is -0.451 e. The predicted molar refractivity (Wildman–Crippen MR) is 100 cm³/mol.